The summed E-state index contributed by atoms with van der Waals surface area (Å²) in [5.41, 5.74) is 5.61. The molecular weight excluding hydrogens is 281 g/mol. The lowest BCUT2D eigenvalue weighted by atomic mass is 9.75. The van der Waals surface area contributed by atoms with Gasteiger partial charge in [0.2, 0.25) is 11.7 Å². The smallest absolute Gasteiger partial charge is 0.234 e. The summed E-state index contributed by atoms with van der Waals surface area (Å²) in [5, 5.41) is 4.15. The van der Waals surface area contributed by atoms with E-state index in [2.05, 4.69) is 10.1 Å². The van der Waals surface area contributed by atoms with Crippen LogP contribution in [0, 0.1) is 5.82 Å². The van der Waals surface area contributed by atoms with E-state index in [-0.39, 0.29) is 5.02 Å². The van der Waals surface area contributed by atoms with Crippen molar-refractivity contribution in [1.82, 2.24) is 10.1 Å². The van der Waals surface area contributed by atoms with Crippen LogP contribution in [0.4, 0.5) is 4.39 Å². The Morgan fingerprint density at radius 1 is 1.25 bits per heavy atom. The number of nitrogens with zero attached hydrogens (tertiary/aromatic N) is 2. The van der Waals surface area contributed by atoms with E-state index < -0.39 is 16.8 Å². The first-order valence-electron chi connectivity index (χ1n) is 6.21. The summed E-state index contributed by atoms with van der Waals surface area (Å²) in [4.78, 5) is 4.34. The fourth-order valence-corrected chi connectivity index (χ4v) is 1.78. The van der Waals surface area contributed by atoms with Gasteiger partial charge in [0.1, 0.15) is 5.82 Å². The van der Waals surface area contributed by atoms with E-state index in [1.165, 1.54) is 18.2 Å². The van der Waals surface area contributed by atoms with Crippen molar-refractivity contribution in [2.75, 3.05) is 0 Å². The van der Waals surface area contributed by atoms with Crippen LogP contribution >= 0.6 is 11.6 Å². The van der Waals surface area contributed by atoms with Gasteiger partial charge in [0, 0.05) is 11.1 Å². The molecule has 0 radical (unpaired) electrons. The predicted octanol–water partition coefficient (Wildman–Crippen LogP) is 3.54. The number of halogens is 2. The molecule has 1 aromatic heterocycles. The van der Waals surface area contributed by atoms with Crippen molar-refractivity contribution >= 4 is 11.6 Å². The molecule has 2 aromatic rings. The minimum absolute atomic E-state index is 0.238. The molecule has 1 aromatic carbocycles. The molecule has 0 fully saturated rings. The van der Waals surface area contributed by atoms with Gasteiger partial charge in [-0.1, -0.05) is 16.8 Å². The fraction of sp³-hybridized carbons (Fsp3) is 0.429. The highest BCUT2D eigenvalue weighted by molar-refractivity contribution is 6.33. The van der Waals surface area contributed by atoms with Gasteiger partial charge in [-0.3, -0.25) is 0 Å². The highest BCUT2D eigenvalue weighted by Crippen LogP contribution is 2.34. The van der Waals surface area contributed by atoms with Crippen molar-refractivity contribution in [2.24, 2.45) is 5.73 Å². The third-order valence-electron chi connectivity index (χ3n) is 3.74. The summed E-state index contributed by atoms with van der Waals surface area (Å²) >= 11 is 5.99. The normalized spacial score (nSPS) is 12.8. The van der Waals surface area contributed by atoms with Crippen molar-refractivity contribution in [3.8, 4) is 11.4 Å². The van der Waals surface area contributed by atoms with Crippen LogP contribution in [-0.4, -0.2) is 15.7 Å². The molecule has 6 heteroatoms. The van der Waals surface area contributed by atoms with Gasteiger partial charge in [0.05, 0.1) is 10.4 Å². The number of rotatable bonds is 3. The minimum atomic E-state index is -0.538. The summed E-state index contributed by atoms with van der Waals surface area (Å²) in [6.07, 6.45) is 0. The van der Waals surface area contributed by atoms with Crippen LogP contribution in [0.5, 0.6) is 0 Å². The summed E-state index contributed by atoms with van der Waals surface area (Å²) in [5.74, 6) is 0.327. The molecule has 1 heterocycles. The van der Waals surface area contributed by atoms with Crippen LogP contribution in [0.1, 0.15) is 33.6 Å². The lowest BCUT2D eigenvalue weighted by molar-refractivity contribution is 0.223. The minimum Gasteiger partial charge on any atom is -0.338 e. The predicted molar refractivity (Wildman–Crippen MR) is 76.0 cm³/mol. The summed E-state index contributed by atoms with van der Waals surface area (Å²) < 4.78 is 18.4. The Morgan fingerprint density at radius 2 is 1.90 bits per heavy atom. The van der Waals surface area contributed by atoms with Crippen molar-refractivity contribution in [3.63, 3.8) is 0 Å². The molecule has 0 aliphatic rings. The van der Waals surface area contributed by atoms with Crippen LogP contribution in [0.2, 0.25) is 5.02 Å². The van der Waals surface area contributed by atoms with Crippen molar-refractivity contribution in [3.05, 3.63) is 34.9 Å². The van der Waals surface area contributed by atoms with Gasteiger partial charge in [-0.05, 0) is 45.9 Å². The summed E-state index contributed by atoms with van der Waals surface area (Å²) in [6.45, 7) is 7.64. The Kier molecular flexibility index (Phi) is 3.60. The maximum Gasteiger partial charge on any atom is 0.234 e. The molecule has 0 spiro atoms. The van der Waals surface area contributed by atoms with Gasteiger partial charge in [-0.15, -0.1) is 0 Å². The standard InChI is InChI=1S/C14H17ClFN3O/c1-13(2,14(3,4)17)12-18-11(19-20-12)9-6-5-8(16)7-10(9)15/h5-7H,17H2,1-4H3. The second-order valence-corrected chi connectivity index (χ2v) is 6.30. The van der Waals surface area contributed by atoms with Gasteiger partial charge in [-0.2, -0.15) is 4.98 Å². The maximum absolute atomic E-state index is 13.0. The molecule has 0 saturated heterocycles. The zero-order valence-electron chi connectivity index (χ0n) is 11.9. The molecule has 0 saturated carbocycles. The van der Waals surface area contributed by atoms with Gasteiger partial charge >= 0.3 is 0 Å². The SMILES string of the molecule is CC(C)(N)C(C)(C)c1nc(-c2ccc(F)cc2Cl)no1. The lowest BCUT2D eigenvalue weighted by Gasteiger charge is -2.34. The number of benzene rings is 1. The lowest BCUT2D eigenvalue weighted by Crippen LogP contribution is -2.50. The van der Waals surface area contributed by atoms with E-state index in [0.29, 0.717) is 17.3 Å². The summed E-state index contributed by atoms with van der Waals surface area (Å²) in [7, 11) is 0. The Balaban J connectivity index is 2.44. The van der Waals surface area contributed by atoms with Crippen LogP contribution in [0.15, 0.2) is 22.7 Å². The fourth-order valence-electron chi connectivity index (χ4n) is 1.53. The molecule has 2 N–H and O–H groups in total. The average molecular weight is 298 g/mol. The van der Waals surface area contributed by atoms with Crippen LogP contribution in [0.3, 0.4) is 0 Å². The summed E-state index contributed by atoms with van der Waals surface area (Å²) in [6, 6.07) is 4.03. The van der Waals surface area contributed by atoms with Crippen molar-refractivity contribution < 1.29 is 8.91 Å². The van der Waals surface area contributed by atoms with Crippen LogP contribution in [-0.2, 0) is 5.41 Å². The first-order valence-corrected chi connectivity index (χ1v) is 6.59. The topological polar surface area (TPSA) is 64.9 Å². The third-order valence-corrected chi connectivity index (χ3v) is 4.06. The van der Waals surface area contributed by atoms with Crippen molar-refractivity contribution in [1.29, 1.82) is 0 Å². The molecule has 0 aliphatic carbocycles. The second kappa shape index (κ2) is 4.82. The monoisotopic (exact) mass is 297 g/mol. The molecule has 0 atom stereocenters. The van der Waals surface area contributed by atoms with Crippen LogP contribution in [0.25, 0.3) is 11.4 Å². The third kappa shape index (κ3) is 2.55. The Hall–Kier alpha value is -1.46. The Bertz CT molecular complexity index is 632. The van der Waals surface area contributed by atoms with Gasteiger partial charge in [0.25, 0.3) is 0 Å². The second-order valence-electron chi connectivity index (χ2n) is 5.89. The molecule has 0 unspecified atom stereocenters. The molecule has 2 rings (SSSR count). The van der Waals surface area contributed by atoms with Crippen LogP contribution < -0.4 is 5.73 Å². The van der Waals surface area contributed by atoms with E-state index in [0.717, 1.165) is 0 Å². The van der Waals surface area contributed by atoms with E-state index in [1.807, 2.05) is 27.7 Å². The molecular formula is C14H17ClFN3O. The van der Waals surface area contributed by atoms with Gasteiger partial charge in [-0.25, -0.2) is 4.39 Å². The zero-order chi connectivity index (χ0) is 15.1. The molecule has 108 valence electrons. The Labute approximate surface area is 122 Å². The molecule has 20 heavy (non-hydrogen) atoms. The molecule has 4 nitrogen and oxygen atoms in total. The molecule has 0 amide bonds. The molecule has 0 aliphatic heterocycles. The maximum atomic E-state index is 13.0. The first-order chi connectivity index (χ1) is 9.13. The average Bonchev–Trinajstić information content (AvgIpc) is 2.77. The van der Waals surface area contributed by atoms with Gasteiger partial charge < -0.3 is 10.3 Å². The molecule has 0 bridgehead atoms. The quantitative estimate of drug-likeness (QED) is 0.941. The number of hydrogen-bond acceptors (Lipinski definition) is 4. The van der Waals surface area contributed by atoms with Crippen molar-refractivity contribution in [2.45, 2.75) is 38.6 Å². The highest BCUT2D eigenvalue weighted by Gasteiger charge is 2.40. The number of aromatic nitrogens is 2. The largest absolute Gasteiger partial charge is 0.338 e. The van der Waals surface area contributed by atoms with Gasteiger partial charge in [0.15, 0.2) is 0 Å². The first kappa shape index (κ1) is 14.9. The number of nitrogens with two attached hydrogens (primary N) is 1. The van der Waals surface area contributed by atoms with E-state index in [9.17, 15) is 4.39 Å². The Morgan fingerprint density at radius 3 is 2.45 bits per heavy atom. The van der Waals surface area contributed by atoms with E-state index in [1.54, 1.807) is 0 Å². The highest BCUT2D eigenvalue weighted by atomic mass is 35.5. The number of hydrogen-bond donors (Lipinski definition) is 1. The van der Waals surface area contributed by atoms with E-state index >= 15 is 0 Å². The van der Waals surface area contributed by atoms with E-state index in [4.69, 9.17) is 21.9 Å². The zero-order valence-corrected chi connectivity index (χ0v) is 12.6.